The molecule has 2 aliphatic heterocycles. The monoisotopic (exact) mass is 333 g/mol. The third kappa shape index (κ3) is 3.99. The molecule has 3 N–H and O–H groups in total. The molecule has 2 atom stereocenters. The van der Waals surface area contributed by atoms with E-state index in [1.165, 1.54) is 0 Å². The Bertz CT molecular complexity index is 560. The largest absolute Gasteiger partial charge is 0.497 e. The van der Waals surface area contributed by atoms with Crippen molar-refractivity contribution in [3.8, 4) is 5.75 Å². The Morgan fingerprint density at radius 3 is 2.92 bits per heavy atom. The molecule has 3 rings (SSSR count). The highest BCUT2D eigenvalue weighted by Gasteiger charge is 2.30. The fraction of sp³-hybridized carbons (Fsp3) is 0.611. The summed E-state index contributed by atoms with van der Waals surface area (Å²) in [5, 5.41) is 3.13. The van der Waals surface area contributed by atoms with E-state index < -0.39 is 6.04 Å². The topological polar surface area (TPSA) is 76.8 Å². The SMILES string of the molecule is COc1cccc(N2CCC(NC(=O)C(N)C3CCOCC3)C2)c1. The first-order valence-electron chi connectivity index (χ1n) is 8.70. The number of benzene rings is 1. The highest BCUT2D eigenvalue weighted by molar-refractivity contribution is 5.82. The van der Waals surface area contributed by atoms with E-state index >= 15 is 0 Å². The first-order chi connectivity index (χ1) is 11.7. The number of methoxy groups -OCH3 is 1. The fourth-order valence-corrected chi connectivity index (χ4v) is 3.51. The summed E-state index contributed by atoms with van der Waals surface area (Å²) in [5.41, 5.74) is 7.28. The van der Waals surface area contributed by atoms with Crippen LogP contribution < -0.4 is 20.7 Å². The van der Waals surface area contributed by atoms with Crippen molar-refractivity contribution in [1.29, 1.82) is 0 Å². The molecule has 6 heteroatoms. The maximum atomic E-state index is 12.4. The number of anilines is 1. The molecule has 0 radical (unpaired) electrons. The first-order valence-corrected chi connectivity index (χ1v) is 8.70. The molecule has 0 saturated carbocycles. The highest BCUT2D eigenvalue weighted by atomic mass is 16.5. The van der Waals surface area contributed by atoms with Crippen molar-refractivity contribution in [1.82, 2.24) is 5.32 Å². The van der Waals surface area contributed by atoms with Crippen LogP contribution in [0.15, 0.2) is 24.3 Å². The zero-order valence-electron chi connectivity index (χ0n) is 14.2. The lowest BCUT2D eigenvalue weighted by Crippen LogP contribution is -2.50. The van der Waals surface area contributed by atoms with Gasteiger partial charge in [-0.05, 0) is 37.3 Å². The van der Waals surface area contributed by atoms with Crippen LogP contribution in [0.1, 0.15) is 19.3 Å². The molecule has 0 aromatic heterocycles. The van der Waals surface area contributed by atoms with Gasteiger partial charge in [0.25, 0.3) is 0 Å². The Kier molecular flexibility index (Phi) is 5.58. The molecule has 1 amide bonds. The summed E-state index contributed by atoms with van der Waals surface area (Å²) in [6.07, 6.45) is 2.67. The maximum Gasteiger partial charge on any atom is 0.237 e. The highest BCUT2D eigenvalue weighted by Crippen LogP contribution is 2.25. The van der Waals surface area contributed by atoms with E-state index in [1.54, 1.807) is 7.11 Å². The van der Waals surface area contributed by atoms with Crippen LogP contribution >= 0.6 is 0 Å². The van der Waals surface area contributed by atoms with Gasteiger partial charge < -0.3 is 25.4 Å². The molecule has 24 heavy (non-hydrogen) atoms. The van der Waals surface area contributed by atoms with Gasteiger partial charge in [-0.25, -0.2) is 0 Å². The van der Waals surface area contributed by atoms with E-state index in [4.69, 9.17) is 15.2 Å². The van der Waals surface area contributed by atoms with Crippen molar-refractivity contribution < 1.29 is 14.3 Å². The van der Waals surface area contributed by atoms with Crippen molar-refractivity contribution in [3.05, 3.63) is 24.3 Å². The second kappa shape index (κ2) is 7.85. The van der Waals surface area contributed by atoms with Gasteiger partial charge in [-0.15, -0.1) is 0 Å². The Morgan fingerprint density at radius 2 is 2.17 bits per heavy atom. The van der Waals surface area contributed by atoms with Crippen LogP contribution in [0.2, 0.25) is 0 Å². The number of amides is 1. The minimum Gasteiger partial charge on any atom is -0.497 e. The summed E-state index contributed by atoms with van der Waals surface area (Å²) in [7, 11) is 1.67. The van der Waals surface area contributed by atoms with Gasteiger partial charge in [-0.3, -0.25) is 4.79 Å². The lowest BCUT2D eigenvalue weighted by atomic mass is 9.91. The maximum absolute atomic E-state index is 12.4. The molecule has 2 saturated heterocycles. The summed E-state index contributed by atoms with van der Waals surface area (Å²) < 4.78 is 10.6. The average molecular weight is 333 g/mol. The smallest absolute Gasteiger partial charge is 0.237 e. The number of hydrogen-bond acceptors (Lipinski definition) is 5. The predicted octanol–water partition coefficient (Wildman–Crippen LogP) is 1.14. The van der Waals surface area contributed by atoms with Crippen LogP contribution in [0.25, 0.3) is 0 Å². The van der Waals surface area contributed by atoms with Gasteiger partial charge in [0, 0.05) is 44.1 Å². The van der Waals surface area contributed by atoms with E-state index in [0.717, 1.165) is 43.8 Å². The molecular formula is C18H27N3O3. The molecule has 2 fully saturated rings. The number of carbonyl (C=O) groups is 1. The van der Waals surface area contributed by atoms with Crippen LogP contribution in [-0.2, 0) is 9.53 Å². The van der Waals surface area contributed by atoms with Crippen molar-refractivity contribution in [3.63, 3.8) is 0 Å². The second-order valence-electron chi connectivity index (χ2n) is 6.62. The number of ether oxygens (including phenoxy) is 2. The van der Waals surface area contributed by atoms with Crippen LogP contribution in [0, 0.1) is 5.92 Å². The summed E-state index contributed by atoms with van der Waals surface area (Å²) in [6, 6.07) is 7.74. The van der Waals surface area contributed by atoms with Crippen molar-refractivity contribution in [2.75, 3.05) is 38.3 Å². The Hall–Kier alpha value is -1.79. The van der Waals surface area contributed by atoms with Crippen LogP contribution in [0.3, 0.4) is 0 Å². The van der Waals surface area contributed by atoms with Crippen LogP contribution in [0.5, 0.6) is 5.75 Å². The standard InChI is InChI=1S/C18H27N3O3/c1-23-16-4-2-3-15(11-16)21-8-5-14(12-21)20-18(22)17(19)13-6-9-24-10-7-13/h2-4,11,13-14,17H,5-10,12,19H2,1H3,(H,20,22). The quantitative estimate of drug-likeness (QED) is 0.845. The van der Waals surface area contributed by atoms with Gasteiger partial charge in [0.15, 0.2) is 0 Å². The van der Waals surface area contributed by atoms with Crippen molar-refractivity contribution >= 4 is 11.6 Å². The zero-order chi connectivity index (χ0) is 16.9. The van der Waals surface area contributed by atoms with Gasteiger partial charge in [0.05, 0.1) is 13.2 Å². The van der Waals surface area contributed by atoms with Crippen LogP contribution in [0.4, 0.5) is 5.69 Å². The average Bonchev–Trinajstić information content (AvgIpc) is 3.10. The molecule has 132 valence electrons. The number of carbonyl (C=O) groups excluding carboxylic acids is 1. The van der Waals surface area contributed by atoms with Gasteiger partial charge in [-0.1, -0.05) is 6.07 Å². The van der Waals surface area contributed by atoms with E-state index in [1.807, 2.05) is 18.2 Å². The molecular weight excluding hydrogens is 306 g/mol. The molecule has 2 unspecified atom stereocenters. The second-order valence-corrected chi connectivity index (χ2v) is 6.62. The van der Waals surface area contributed by atoms with Crippen LogP contribution in [-0.4, -0.2) is 51.4 Å². The minimum absolute atomic E-state index is 0.0283. The number of nitrogens with zero attached hydrogens (tertiary/aromatic N) is 1. The van der Waals surface area contributed by atoms with E-state index in [0.29, 0.717) is 13.2 Å². The van der Waals surface area contributed by atoms with Gasteiger partial charge in [-0.2, -0.15) is 0 Å². The molecule has 1 aromatic carbocycles. The van der Waals surface area contributed by atoms with Gasteiger partial charge in [0.1, 0.15) is 5.75 Å². The van der Waals surface area contributed by atoms with E-state index in [2.05, 4.69) is 16.3 Å². The van der Waals surface area contributed by atoms with E-state index in [-0.39, 0.29) is 17.9 Å². The normalized spacial score (nSPS) is 23.1. The predicted molar refractivity (Wildman–Crippen MR) is 93.3 cm³/mol. The lowest BCUT2D eigenvalue weighted by Gasteiger charge is -2.27. The van der Waals surface area contributed by atoms with E-state index in [9.17, 15) is 4.79 Å². The van der Waals surface area contributed by atoms with Crippen molar-refractivity contribution in [2.24, 2.45) is 11.7 Å². The number of nitrogens with two attached hydrogens (primary N) is 1. The third-order valence-corrected chi connectivity index (χ3v) is 5.03. The molecule has 1 aromatic rings. The number of nitrogens with one attached hydrogen (secondary N) is 1. The minimum atomic E-state index is -0.431. The molecule has 0 spiro atoms. The summed E-state index contributed by atoms with van der Waals surface area (Å²) >= 11 is 0. The Balaban J connectivity index is 1.52. The zero-order valence-corrected chi connectivity index (χ0v) is 14.2. The molecule has 0 aliphatic carbocycles. The number of hydrogen-bond donors (Lipinski definition) is 2. The fourth-order valence-electron chi connectivity index (χ4n) is 3.51. The molecule has 2 aliphatic rings. The van der Waals surface area contributed by atoms with Gasteiger partial charge >= 0.3 is 0 Å². The molecule has 2 heterocycles. The first kappa shape index (κ1) is 17.0. The molecule has 0 bridgehead atoms. The number of rotatable bonds is 5. The lowest BCUT2D eigenvalue weighted by molar-refractivity contribution is -0.124. The Morgan fingerprint density at radius 1 is 1.38 bits per heavy atom. The third-order valence-electron chi connectivity index (χ3n) is 5.03. The van der Waals surface area contributed by atoms with Gasteiger partial charge in [0.2, 0.25) is 5.91 Å². The Labute approximate surface area is 143 Å². The summed E-state index contributed by atoms with van der Waals surface area (Å²) in [5.74, 6) is 1.05. The molecule has 6 nitrogen and oxygen atoms in total. The van der Waals surface area contributed by atoms with Crippen molar-refractivity contribution in [2.45, 2.75) is 31.3 Å². The summed E-state index contributed by atoms with van der Waals surface area (Å²) in [4.78, 5) is 14.7. The summed E-state index contributed by atoms with van der Waals surface area (Å²) in [6.45, 7) is 3.14.